The zero-order valence-electron chi connectivity index (χ0n) is 13.8. The minimum atomic E-state index is -4.76. The molecule has 140 valence electrons. The molecule has 0 bridgehead atoms. The molecular weight excluding hydrogens is 361 g/mol. The Morgan fingerprint density at radius 1 is 1.32 bits per heavy atom. The molecule has 1 aliphatic heterocycles. The van der Waals surface area contributed by atoms with Crippen molar-refractivity contribution >= 4 is 15.9 Å². The van der Waals surface area contributed by atoms with E-state index in [9.17, 15) is 26.4 Å². The van der Waals surface area contributed by atoms with Gasteiger partial charge in [0, 0.05) is 20.1 Å². The van der Waals surface area contributed by atoms with Gasteiger partial charge in [-0.15, -0.1) is 13.2 Å². The molecule has 0 saturated carbocycles. The van der Waals surface area contributed by atoms with Crippen molar-refractivity contribution in [1.29, 1.82) is 0 Å². The number of rotatable bonds is 5. The summed E-state index contributed by atoms with van der Waals surface area (Å²) < 4.78 is 64.8. The minimum Gasteiger partial charge on any atom is -0.406 e. The molecule has 1 aromatic rings. The first-order valence-electron chi connectivity index (χ1n) is 7.54. The van der Waals surface area contributed by atoms with E-state index in [-0.39, 0.29) is 18.2 Å². The van der Waals surface area contributed by atoms with Crippen LogP contribution in [0.15, 0.2) is 24.3 Å². The van der Waals surface area contributed by atoms with Crippen LogP contribution < -0.4 is 4.74 Å². The Morgan fingerprint density at radius 2 is 1.92 bits per heavy atom. The highest BCUT2D eigenvalue weighted by Gasteiger charge is 2.37. The van der Waals surface area contributed by atoms with Gasteiger partial charge >= 0.3 is 6.36 Å². The van der Waals surface area contributed by atoms with E-state index in [1.165, 1.54) is 40.5 Å². The van der Waals surface area contributed by atoms with E-state index in [1.807, 2.05) is 0 Å². The molecule has 1 atom stereocenters. The van der Waals surface area contributed by atoms with Crippen LogP contribution in [0.4, 0.5) is 13.2 Å². The number of halogens is 3. The second-order valence-electron chi connectivity index (χ2n) is 5.92. The predicted molar refractivity (Wildman–Crippen MR) is 84.2 cm³/mol. The van der Waals surface area contributed by atoms with Gasteiger partial charge in [-0.05, 0) is 30.5 Å². The zero-order valence-corrected chi connectivity index (χ0v) is 14.6. The second kappa shape index (κ2) is 7.20. The Labute approximate surface area is 144 Å². The Morgan fingerprint density at radius 3 is 2.44 bits per heavy atom. The lowest BCUT2D eigenvalue weighted by molar-refractivity contribution is -0.274. The molecule has 0 N–H and O–H groups in total. The first-order chi connectivity index (χ1) is 11.5. The van der Waals surface area contributed by atoms with E-state index in [0.29, 0.717) is 24.9 Å². The Kier molecular flexibility index (Phi) is 5.62. The monoisotopic (exact) mass is 380 g/mol. The maximum absolute atomic E-state index is 12.5. The number of hydrogen-bond donors (Lipinski definition) is 0. The maximum Gasteiger partial charge on any atom is 0.573 e. The summed E-state index contributed by atoms with van der Waals surface area (Å²) in [7, 11) is -1.93. The predicted octanol–water partition coefficient (Wildman–Crippen LogP) is 1.97. The van der Waals surface area contributed by atoms with Crippen molar-refractivity contribution in [3.63, 3.8) is 0 Å². The third kappa shape index (κ3) is 5.33. The van der Waals surface area contributed by atoms with Crippen LogP contribution in [-0.2, 0) is 21.4 Å². The molecule has 2 rings (SSSR count). The molecule has 1 saturated heterocycles. The Bertz CT molecular complexity index is 719. The molecule has 1 fully saturated rings. The highest BCUT2D eigenvalue weighted by molar-refractivity contribution is 7.88. The van der Waals surface area contributed by atoms with Crippen LogP contribution in [0.25, 0.3) is 0 Å². The normalized spacial score (nSPS) is 19.0. The highest BCUT2D eigenvalue weighted by Crippen LogP contribution is 2.24. The van der Waals surface area contributed by atoms with E-state index in [4.69, 9.17) is 0 Å². The SMILES string of the molecule is CN(Cc1ccc(OC(F)(F)F)cc1)C(=O)C1CCCN1S(C)(=O)=O. The van der Waals surface area contributed by atoms with E-state index in [0.717, 1.165) is 6.26 Å². The van der Waals surface area contributed by atoms with Gasteiger partial charge in [0.25, 0.3) is 0 Å². The van der Waals surface area contributed by atoms with Gasteiger partial charge in [-0.25, -0.2) is 8.42 Å². The standard InChI is InChI=1S/C15H19F3N2O4S/c1-19(14(21)13-4-3-9-20(13)25(2,22)23)10-11-5-7-12(8-6-11)24-15(16,17)18/h5-8,13H,3-4,9-10H2,1-2H3. The van der Waals surface area contributed by atoms with E-state index >= 15 is 0 Å². The molecule has 6 nitrogen and oxygen atoms in total. The summed E-state index contributed by atoms with van der Waals surface area (Å²) in [5.41, 5.74) is 0.606. The van der Waals surface area contributed by atoms with Crippen LogP contribution in [0.1, 0.15) is 18.4 Å². The fraction of sp³-hybridized carbons (Fsp3) is 0.533. The number of carbonyl (C=O) groups excluding carboxylic acids is 1. The molecule has 0 radical (unpaired) electrons. The van der Waals surface area contributed by atoms with Crippen molar-refractivity contribution in [2.45, 2.75) is 31.8 Å². The van der Waals surface area contributed by atoms with E-state index in [1.54, 1.807) is 0 Å². The topological polar surface area (TPSA) is 66.9 Å². The fourth-order valence-electron chi connectivity index (χ4n) is 2.79. The molecule has 1 unspecified atom stereocenters. The lowest BCUT2D eigenvalue weighted by Crippen LogP contribution is -2.45. The summed E-state index contributed by atoms with van der Waals surface area (Å²) in [4.78, 5) is 13.9. The summed E-state index contributed by atoms with van der Waals surface area (Å²) >= 11 is 0. The molecule has 10 heteroatoms. The number of sulfonamides is 1. The minimum absolute atomic E-state index is 0.152. The molecule has 1 amide bonds. The third-order valence-corrected chi connectivity index (χ3v) is 5.16. The van der Waals surface area contributed by atoms with Crippen LogP contribution in [0.5, 0.6) is 5.75 Å². The van der Waals surface area contributed by atoms with Gasteiger partial charge in [-0.2, -0.15) is 4.31 Å². The number of alkyl halides is 3. The molecule has 0 aromatic heterocycles. The van der Waals surface area contributed by atoms with Crippen molar-refractivity contribution < 1.29 is 31.1 Å². The number of nitrogens with zero attached hydrogens (tertiary/aromatic N) is 2. The van der Waals surface area contributed by atoms with Crippen LogP contribution >= 0.6 is 0 Å². The molecule has 25 heavy (non-hydrogen) atoms. The summed E-state index contributed by atoms with van der Waals surface area (Å²) in [6.45, 7) is 0.464. The molecule has 1 aliphatic rings. The van der Waals surface area contributed by atoms with Gasteiger partial charge in [0.2, 0.25) is 15.9 Å². The van der Waals surface area contributed by atoms with Crippen molar-refractivity contribution in [3.05, 3.63) is 29.8 Å². The average molecular weight is 380 g/mol. The quantitative estimate of drug-likeness (QED) is 0.783. The fourth-order valence-corrected chi connectivity index (χ4v) is 3.91. The van der Waals surface area contributed by atoms with Gasteiger partial charge in [0.15, 0.2) is 0 Å². The van der Waals surface area contributed by atoms with Gasteiger partial charge in [0.1, 0.15) is 11.8 Å². The molecule has 0 aliphatic carbocycles. The maximum atomic E-state index is 12.5. The summed E-state index contributed by atoms with van der Waals surface area (Å²) in [5.74, 6) is -0.678. The highest BCUT2D eigenvalue weighted by atomic mass is 32.2. The van der Waals surface area contributed by atoms with Crippen molar-refractivity contribution in [1.82, 2.24) is 9.21 Å². The van der Waals surface area contributed by atoms with E-state index in [2.05, 4.69) is 4.74 Å². The van der Waals surface area contributed by atoms with Crippen LogP contribution in [0, 0.1) is 0 Å². The number of likely N-dealkylation sites (N-methyl/N-ethyl adjacent to an activating group) is 1. The van der Waals surface area contributed by atoms with Crippen molar-refractivity contribution in [3.8, 4) is 5.75 Å². The first-order valence-corrected chi connectivity index (χ1v) is 9.39. The zero-order chi connectivity index (χ0) is 18.8. The number of carbonyl (C=O) groups is 1. The molecule has 0 spiro atoms. The summed E-state index contributed by atoms with van der Waals surface area (Å²) in [6.07, 6.45) is -2.63. The third-order valence-electron chi connectivity index (χ3n) is 3.87. The lowest BCUT2D eigenvalue weighted by Gasteiger charge is -2.26. The second-order valence-corrected chi connectivity index (χ2v) is 7.85. The lowest BCUT2D eigenvalue weighted by atomic mass is 10.1. The Hall–Kier alpha value is -1.81. The molecular formula is C15H19F3N2O4S. The average Bonchev–Trinajstić information content (AvgIpc) is 2.96. The van der Waals surface area contributed by atoms with Crippen molar-refractivity contribution in [2.24, 2.45) is 0 Å². The summed E-state index contributed by atoms with van der Waals surface area (Å²) in [5, 5.41) is 0. The first kappa shape index (κ1) is 19.5. The largest absolute Gasteiger partial charge is 0.573 e. The smallest absolute Gasteiger partial charge is 0.406 e. The van der Waals surface area contributed by atoms with Gasteiger partial charge in [0.05, 0.1) is 6.26 Å². The Balaban J connectivity index is 2.01. The van der Waals surface area contributed by atoms with Crippen molar-refractivity contribution in [2.75, 3.05) is 19.8 Å². The molecule has 1 heterocycles. The van der Waals surface area contributed by atoms with Crippen LogP contribution in [-0.4, -0.2) is 55.8 Å². The van der Waals surface area contributed by atoms with Gasteiger partial charge in [-0.1, -0.05) is 12.1 Å². The number of benzene rings is 1. The van der Waals surface area contributed by atoms with Crippen LogP contribution in [0.2, 0.25) is 0 Å². The van der Waals surface area contributed by atoms with Gasteiger partial charge < -0.3 is 9.64 Å². The van der Waals surface area contributed by atoms with Crippen LogP contribution in [0.3, 0.4) is 0 Å². The van der Waals surface area contributed by atoms with Gasteiger partial charge in [-0.3, -0.25) is 4.79 Å². The number of hydrogen-bond acceptors (Lipinski definition) is 4. The summed E-state index contributed by atoms with van der Waals surface area (Å²) in [6, 6.07) is 4.45. The molecule has 1 aromatic carbocycles. The van der Waals surface area contributed by atoms with E-state index < -0.39 is 22.4 Å². The number of ether oxygens (including phenoxy) is 1. The number of amides is 1.